The number of carbonyl (C=O) groups excluding carboxylic acids is 1. The van der Waals surface area contributed by atoms with E-state index in [0.29, 0.717) is 12.2 Å². The Balaban J connectivity index is 1.67. The molecule has 0 radical (unpaired) electrons. The Morgan fingerprint density at radius 2 is 2.21 bits per heavy atom. The fourth-order valence-corrected chi connectivity index (χ4v) is 5.71. The van der Waals surface area contributed by atoms with Crippen LogP contribution in [-0.4, -0.2) is 50.4 Å². The number of hydrogen-bond acceptors (Lipinski definition) is 6. The highest BCUT2D eigenvalue weighted by molar-refractivity contribution is 9.10. The lowest BCUT2D eigenvalue weighted by Gasteiger charge is -2.28. The number of rotatable bonds is 8. The monoisotopic (exact) mass is 484 g/mol. The number of carbonyl (C=O) groups is 1. The second kappa shape index (κ2) is 9.32. The van der Waals surface area contributed by atoms with Crippen LogP contribution in [0.2, 0.25) is 0 Å². The molecular weight excluding hydrogens is 460 g/mol. The van der Waals surface area contributed by atoms with Crippen LogP contribution in [0, 0.1) is 0 Å². The van der Waals surface area contributed by atoms with Gasteiger partial charge in [0.1, 0.15) is 11.5 Å². The number of hydrogen-bond donors (Lipinski definition) is 1. The first-order chi connectivity index (χ1) is 13.8. The summed E-state index contributed by atoms with van der Waals surface area (Å²) in [5, 5.41) is 3.23. The molecule has 0 aliphatic carbocycles. The number of methoxy groups -OCH3 is 1. The number of ether oxygens (including phenoxy) is 1. The van der Waals surface area contributed by atoms with Gasteiger partial charge in [-0.1, -0.05) is 6.07 Å². The zero-order chi connectivity index (χ0) is 21.0. The van der Waals surface area contributed by atoms with Crippen molar-refractivity contribution in [2.24, 2.45) is 0 Å². The number of benzene rings is 1. The van der Waals surface area contributed by atoms with E-state index >= 15 is 0 Å². The van der Waals surface area contributed by atoms with Crippen molar-refractivity contribution in [1.82, 2.24) is 10.2 Å². The predicted molar refractivity (Wildman–Crippen MR) is 113 cm³/mol. The molecule has 1 saturated heterocycles. The number of sulfone groups is 1. The average Bonchev–Trinajstić information content (AvgIpc) is 3.32. The van der Waals surface area contributed by atoms with Crippen molar-refractivity contribution in [1.29, 1.82) is 0 Å². The van der Waals surface area contributed by atoms with E-state index in [1.807, 2.05) is 25.1 Å². The third kappa shape index (κ3) is 5.61. The van der Waals surface area contributed by atoms with Gasteiger partial charge in [-0.05, 0) is 59.1 Å². The van der Waals surface area contributed by atoms with E-state index in [9.17, 15) is 13.2 Å². The van der Waals surface area contributed by atoms with E-state index in [2.05, 4.69) is 21.2 Å². The van der Waals surface area contributed by atoms with Crippen LogP contribution in [0.1, 0.15) is 30.7 Å². The van der Waals surface area contributed by atoms with Gasteiger partial charge in [-0.25, -0.2) is 8.42 Å². The Labute approximate surface area is 179 Å². The van der Waals surface area contributed by atoms with E-state index < -0.39 is 9.84 Å². The Morgan fingerprint density at radius 1 is 1.41 bits per heavy atom. The van der Waals surface area contributed by atoms with Gasteiger partial charge in [0.25, 0.3) is 0 Å². The first-order valence-electron chi connectivity index (χ1n) is 9.38. The summed E-state index contributed by atoms with van der Waals surface area (Å²) in [5.74, 6) is 1.34. The smallest absolute Gasteiger partial charge is 0.237 e. The van der Waals surface area contributed by atoms with Crippen LogP contribution in [0.3, 0.4) is 0 Å². The lowest BCUT2D eigenvalue weighted by Crippen LogP contribution is -2.45. The van der Waals surface area contributed by atoms with Crippen molar-refractivity contribution in [2.45, 2.75) is 32.0 Å². The molecule has 2 aromatic rings. The number of nitrogens with one attached hydrogen (secondary N) is 1. The lowest BCUT2D eigenvalue weighted by molar-refractivity contribution is -0.133. The van der Waals surface area contributed by atoms with E-state index in [-0.39, 0.29) is 42.6 Å². The van der Waals surface area contributed by atoms with Gasteiger partial charge < -0.3 is 19.4 Å². The number of halogens is 1. The van der Waals surface area contributed by atoms with Crippen LogP contribution in [0.4, 0.5) is 0 Å². The minimum Gasteiger partial charge on any atom is -0.496 e. The molecule has 1 fully saturated rings. The molecule has 158 valence electrons. The topological polar surface area (TPSA) is 88.8 Å². The van der Waals surface area contributed by atoms with E-state index in [1.165, 1.54) is 0 Å². The van der Waals surface area contributed by atoms with Gasteiger partial charge in [0, 0.05) is 12.1 Å². The molecule has 1 aromatic heterocycles. The highest BCUT2D eigenvalue weighted by atomic mass is 79.9. The summed E-state index contributed by atoms with van der Waals surface area (Å²) in [5.41, 5.74) is 1.01. The highest BCUT2D eigenvalue weighted by Gasteiger charge is 2.35. The zero-order valence-corrected chi connectivity index (χ0v) is 18.8. The molecule has 1 amide bonds. The average molecular weight is 485 g/mol. The van der Waals surface area contributed by atoms with Crippen molar-refractivity contribution in [2.75, 3.05) is 25.2 Å². The Morgan fingerprint density at radius 3 is 2.79 bits per heavy atom. The van der Waals surface area contributed by atoms with Crippen LogP contribution in [0.25, 0.3) is 0 Å². The van der Waals surface area contributed by atoms with Gasteiger partial charge in [0.05, 0.1) is 42.4 Å². The maximum absolute atomic E-state index is 13.0. The number of nitrogens with zero attached hydrogens (tertiary/aromatic N) is 1. The van der Waals surface area contributed by atoms with Crippen LogP contribution >= 0.6 is 15.9 Å². The fourth-order valence-electron chi connectivity index (χ4n) is 3.42. The fraction of sp³-hybridized carbons (Fsp3) is 0.450. The summed E-state index contributed by atoms with van der Waals surface area (Å²) in [6.07, 6.45) is 2.00. The molecule has 0 unspecified atom stereocenters. The molecule has 29 heavy (non-hydrogen) atoms. The predicted octanol–water partition coefficient (Wildman–Crippen LogP) is 2.92. The van der Waals surface area contributed by atoms with Crippen molar-refractivity contribution in [3.63, 3.8) is 0 Å². The molecule has 2 heterocycles. The lowest BCUT2D eigenvalue weighted by atomic mass is 10.1. The number of amides is 1. The summed E-state index contributed by atoms with van der Waals surface area (Å²) >= 11 is 3.47. The minimum atomic E-state index is -3.10. The standard InChI is InChI=1S/C20H25BrN2O5S/c1-14(15-5-6-19(27-2)18(21)10-15)22-11-20(24)23(12-17-4-3-8-28-17)16-7-9-29(25,26)13-16/h3-6,8,10,14,16,22H,7,9,11-13H2,1-2H3/t14-,16+/m1/s1. The Bertz CT molecular complexity index is 946. The molecule has 7 nitrogen and oxygen atoms in total. The first-order valence-corrected chi connectivity index (χ1v) is 12.0. The second-order valence-corrected chi connectivity index (χ2v) is 10.2. The largest absolute Gasteiger partial charge is 0.496 e. The molecule has 9 heteroatoms. The Kier molecular flexibility index (Phi) is 7.02. The van der Waals surface area contributed by atoms with Crippen LogP contribution in [-0.2, 0) is 21.2 Å². The normalized spacial score (nSPS) is 19.1. The molecular formula is C20H25BrN2O5S. The quantitative estimate of drug-likeness (QED) is 0.619. The molecule has 0 bridgehead atoms. The molecule has 1 N–H and O–H groups in total. The molecule has 0 spiro atoms. The molecule has 1 aromatic carbocycles. The summed E-state index contributed by atoms with van der Waals surface area (Å²) in [4.78, 5) is 14.6. The summed E-state index contributed by atoms with van der Waals surface area (Å²) < 4.78 is 35.3. The van der Waals surface area contributed by atoms with E-state index in [0.717, 1.165) is 15.8 Å². The summed E-state index contributed by atoms with van der Waals surface area (Å²) in [7, 11) is -1.49. The molecule has 0 saturated carbocycles. The van der Waals surface area contributed by atoms with Crippen molar-refractivity contribution in [3.8, 4) is 5.75 Å². The van der Waals surface area contributed by atoms with E-state index in [4.69, 9.17) is 9.15 Å². The van der Waals surface area contributed by atoms with Gasteiger partial charge in [-0.2, -0.15) is 0 Å². The van der Waals surface area contributed by atoms with Crippen LogP contribution in [0.15, 0.2) is 45.5 Å². The summed E-state index contributed by atoms with van der Waals surface area (Å²) in [6, 6.07) is 8.90. The van der Waals surface area contributed by atoms with Crippen molar-refractivity contribution >= 4 is 31.7 Å². The molecule has 2 atom stereocenters. The van der Waals surface area contributed by atoms with E-state index in [1.54, 1.807) is 30.4 Å². The maximum Gasteiger partial charge on any atom is 0.237 e. The third-order valence-electron chi connectivity index (χ3n) is 5.11. The van der Waals surface area contributed by atoms with Crippen LogP contribution in [0.5, 0.6) is 5.75 Å². The molecule has 1 aliphatic heterocycles. The Hall–Kier alpha value is -1.84. The number of furan rings is 1. The van der Waals surface area contributed by atoms with Crippen molar-refractivity contribution in [3.05, 3.63) is 52.4 Å². The van der Waals surface area contributed by atoms with Crippen LogP contribution < -0.4 is 10.1 Å². The van der Waals surface area contributed by atoms with Gasteiger partial charge in [-0.3, -0.25) is 4.79 Å². The first kappa shape index (κ1) is 21.9. The van der Waals surface area contributed by atoms with Gasteiger partial charge in [-0.15, -0.1) is 0 Å². The molecule has 1 aliphatic rings. The highest BCUT2D eigenvalue weighted by Crippen LogP contribution is 2.28. The van der Waals surface area contributed by atoms with Gasteiger partial charge in [0.2, 0.25) is 5.91 Å². The third-order valence-corrected chi connectivity index (χ3v) is 7.48. The van der Waals surface area contributed by atoms with Crippen molar-refractivity contribution < 1.29 is 22.4 Å². The second-order valence-electron chi connectivity index (χ2n) is 7.15. The van der Waals surface area contributed by atoms with Gasteiger partial charge >= 0.3 is 0 Å². The SMILES string of the molecule is COc1ccc([C@@H](C)NCC(=O)N(Cc2ccco2)[C@H]2CCS(=O)(=O)C2)cc1Br. The molecule has 3 rings (SSSR count). The minimum absolute atomic E-state index is 0.000425. The maximum atomic E-state index is 13.0. The summed E-state index contributed by atoms with van der Waals surface area (Å²) in [6.45, 7) is 2.33. The zero-order valence-electron chi connectivity index (χ0n) is 16.4. The van der Waals surface area contributed by atoms with Gasteiger partial charge in [0.15, 0.2) is 9.84 Å².